The van der Waals surface area contributed by atoms with Gasteiger partial charge in [-0.25, -0.2) is 4.79 Å². The molecule has 0 atom stereocenters. The number of nitro benzene ring substituents is 1. The van der Waals surface area contributed by atoms with Gasteiger partial charge >= 0.3 is 5.97 Å². The number of hydrogen-bond acceptors (Lipinski definition) is 9. The molecular weight excluding hydrogens is 404 g/mol. The molecule has 0 radical (unpaired) electrons. The number of nitriles is 1. The highest BCUT2D eigenvalue weighted by molar-refractivity contribution is 5.98. The highest BCUT2D eigenvalue weighted by Gasteiger charge is 2.23. The summed E-state index contributed by atoms with van der Waals surface area (Å²) in [6, 6.07) is 9.19. The highest BCUT2D eigenvalue weighted by atomic mass is 16.6. The van der Waals surface area contributed by atoms with E-state index < -0.39 is 10.9 Å². The Hall–Kier alpha value is -4.72. The molecule has 0 bridgehead atoms. The van der Waals surface area contributed by atoms with Gasteiger partial charge in [-0.05, 0) is 19.1 Å². The van der Waals surface area contributed by atoms with Gasteiger partial charge in [-0.3, -0.25) is 15.1 Å². The zero-order valence-corrected chi connectivity index (χ0v) is 16.5. The van der Waals surface area contributed by atoms with Crippen LogP contribution in [0.25, 0.3) is 5.69 Å². The van der Waals surface area contributed by atoms with E-state index in [4.69, 9.17) is 15.3 Å². The fourth-order valence-electron chi connectivity index (χ4n) is 2.73. The minimum atomic E-state index is -0.807. The van der Waals surface area contributed by atoms with Crippen molar-refractivity contribution in [2.75, 3.05) is 12.8 Å². The maximum absolute atomic E-state index is 12.2. The lowest BCUT2D eigenvalue weighted by Gasteiger charge is -2.10. The molecule has 0 amide bonds. The molecule has 2 aromatic heterocycles. The van der Waals surface area contributed by atoms with Gasteiger partial charge in [0.2, 0.25) is 0 Å². The number of benzene rings is 1. The summed E-state index contributed by atoms with van der Waals surface area (Å²) in [5.41, 5.74) is 6.71. The Bertz CT molecular complexity index is 1230. The fourth-order valence-corrected chi connectivity index (χ4v) is 2.73. The van der Waals surface area contributed by atoms with Gasteiger partial charge in [-0.2, -0.15) is 5.26 Å². The van der Waals surface area contributed by atoms with Crippen LogP contribution in [0.5, 0.6) is 5.75 Å². The largest absolute Gasteiger partial charge is 0.464 e. The first kappa shape index (κ1) is 21.0. The van der Waals surface area contributed by atoms with E-state index in [0.29, 0.717) is 11.3 Å². The minimum Gasteiger partial charge on any atom is -0.464 e. The van der Waals surface area contributed by atoms with Gasteiger partial charge in [0.1, 0.15) is 6.07 Å². The van der Waals surface area contributed by atoms with E-state index in [2.05, 4.69) is 10.1 Å². The van der Waals surface area contributed by atoms with Crippen LogP contribution in [-0.4, -0.2) is 33.3 Å². The number of aromatic nitrogens is 2. The molecule has 0 saturated carbocycles. The predicted octanol–water partition coefficient (Wildman–Crippen LogP) is 2.82. The van der Waals surface area contributed by atoms with Crippen molar-refractivity contribution in [2.45, 2.75) is 6.92 Å². The first-order chi connectivity index (χ1) is 14.8. The lowest BCUT2D eigenvalue weighted by molar-refractivity contribution is -0.384. The number of esters is 1. The van der Waals surface area contributed by atoms with Gasteiger partial charge in [0, 0.05) is 36.3 Å². The van der Waals surface area contributed by atoms with E-state index >= 15 is 0 Å². The Labute approximate surface area is 176 Å². The summed E-state index contributed by atoms with van der Waals surface area (Å²) >= 11 is 0. The third kappa shape index (κ3) is 4.33. The quantitative estimate of drug-likeness (QED) is 0.276. The van der Waals surface area contributed by atoms with Gasteiger partial charge in [-0.1, -0.05) is 5.16 Å². The van der Waals surface area contributed by atoms with Crippen LogP contribution in [0.2, 0.25) is 0 Å². The average molecular weight is 420 g/mol. The number of nitrogens with two attached hydrogens (primary N) is 1. The summed E-state index contributed by atoms with van der Waals surface area (Å²) in [6.45, 7) is 1.69. The maximum Gasteiger partial charge on any atom is 0.357 e. The van der Waals surface area contributed by atoms with E-state index in [9.17, 15) is 20.2 Å². The summed E-state index contributed by atoms with van der Waals surface area (Å²) < 4.78 is 5.96. The predicted molar refractivity (Wildman–Crippen MR) is 110 cm³/mol. The number of hydrogen-bond donors (Lipinski definition) is 1. The van der Waals surface area contributed by atoms with Gasteiger partial charge in [0.05, 0.1) is 40.7 Å². The number of pyridine rings is 1. The summed E-state index contributed by atoms with van der Waals surface area (Å²) in [4.78, 5) is 32.4. The second-order valence-corrected chi connectivity index (χ2v) is 6.23. The van der Waals surface area contributed by atoms with Crippen molar-refractivity contribution >= 4 is 23.1 Å². The van der Waals surface area contributed by atoms with E-state index in [0.717, 1.165) is 7.11 Å². The second-order valence-electron chi connectivity index (χ2n) is 6.23. The molecule has 0 aliphatic carbocycles. The normalized spacial score (nSPS) is 10.9. The van der Waals surface area contributed by atoms with Crippen LogP contribution in [0.15, 0.2) is 54.1 Å². The molecule has 2 heterocycles. The molecule has 0 spiro atoms. The molecule has 3 rings (SSSR count). The molecule has 0 aliphatic heterocycles. The van der Waals surface area contributed by atoms with Gasteiger partial charge in [0.15, 0.2) is 11.4 Å². The Morgan fingerprint density at radius 1 is 1.39 bits per heavy atom. The number of rotatable bonds is 6. The number of methoxy groups -OCH3 is 1. The number of anilines is 1. The molecule has 0 saturated heterocycles. The van der Waals surface area contributed by atoms with Crippen LogP contribution in [0.3, 0.4) is 0 Å². The van der Waals surface area contributed by atoms with Crippen LogP contribution < -0.4 is 10.6 Å². The Balaban J connectivity index is 2.09. The van der Waals surface area contributed by atoms with Crippen LogP contribution in [0.4, 0.5) is 11.4 Å². The number of oxime groups is 1. The van der Waals surface area contributed by atoms with Gasteiger partial charge < -0.3 is 19.9 Å². The van der Waals surface area contributed by atoms with E-state index in [1.807, 2.05) is 6.07 Å². The molecule has 0 unspecified atom stereocenters. The summed E-state index contributed by atoms with van der Waals surface area (Å²) in [6.07, 6.45) is 4.49. The number of ether oxygens (including phenoxy) is 1. The van der Waals surface area contributed by atoms with Crippen molar-refractivity contribution in [3.8, 4) is 17.5 Å². The molecule has 0 fully saturated rings. The number of nitrogen functional groups attached to an aromatic ring is 1. The highest BCUT2D eigenvalue weighted by Crippen LogP contribution is 2.30. The number of nitrogens with zero attached hydrogens (tertiary/aromatic N) is 5. The monoisotopic (exact) mass is 420 g/mol. The molecule has 2 N–H and O–H groups in total. The fraction of sp³-hybridized carbons (Fsp3) is 0.100. The molecule has 11 heteroatoms. The summed E-state index contributed by atoms with van der Waals surface area (Å²) in [7, 11) is 1.16. The van der Waals surface area contributed by atoms with Gasteiger partial charge in [-0.15, -0.1) is 0 Å². The standard InChI is InChI=1S/C20H16N6O5/c1-12(13-4-3-5-23-10-13)24-31-17-7-15(6-16(8-17)26(28)29)25-11-14(9-21)18(22)19(25)20(27)30-2/h3-8,10-11H,22H2,1-2H3. The van der Waals surface area contributed by atoms with Crippen molar-refractivity contribution < 1.29 is 19.3 Å². The smallest absolute Gasteiger partial charge is 0.357 e. The third-order valence-corrected chi connectivity index (χ3v) is 4.28. The number of non-ortho nitro benzene ring substituents is 1. The molecular formula is C20H16N6O5. The first-order valence-electron chi connectivity index (χ1n) is 8.76. The molecule has 3 aromatic rings. The second kappa shape index (κ2) is 8.75. The minimum absolute atomic E-state index is 0.0137. The van der Waals surface area contributed by atoms with Crippen LogP contribution in [0, 0.1) is 21.4 Å². The molecule has 31 heavy (non-hydrogen) atoms. The van der Waals surface area contributed by atoms with Gasteiger partial charge in [0.25, 0.3) is 5.69 Å². The lowest BCUT2D eigenvalue weighted by Crippen LogP contribution is -2.11. The Morgan fingerprint density at radius 2 is 2.16 bits per heavy atom. The van der Waals surface area contributed by atoms with E-state index in [1.54, 1.807) is 31.5 Å². The topological polar surface area (TPSA) is 159 Å². The Morgan fingerprint density at radius 3 is 2.77 bits per heavy atom. The van der Waals surface area contributed by atoms with Crippen LogP contribution in [-0.2, 0) is 4.74 Å². The number of nitro groups is 1. The molecule has 0 aliphatic rings. The first-order valence-corrected chi connectivity index (χ1v) is 8.76. The van der Waals surface area contributed by atoms with Crippen molar-refractivity contribution in [3.05, 3.63) is 75.9 Å². The lowest BCUT2D eigenvalue weighted by atomic mass is 10.2. The van der Waals surface area contributed by atoms with Crippen molar-refractivity contribution in [1.82, 2.24) is 9.55 Å². The number of carbonyl (C=O) groups is 1. The summed E-state index contributed by atoms with van der Waals surface area (Å²) in [5, 5.41) is 24.7. The SMILES string of the molecule is COC(=O)c1c(N)c(C#N)cn1-c1cc(ON=C(C)c2cccnc2)cc([N+](=O)[O-])c1. The van der Waals surface area contributed by atoms with Crippen molar-refractivity contribution in [2.24, 2.45) is 5.16 Å². The molecule has 1 aromatic carbocycles. The summed E-state index contributed by atoms with van der Waals surface area (Å²) in [5.74, 6) is -0.771. The zero-order chi connectivity index (χ0) is 22.5. The van der Waals surface area contributed by atoms with Crippen molar-refractivity contribution in [1.29, 1.82) is 5.26 Å². The third-order valence-electron chi connectivity index (χ3n) is 4.28. The Kier molecular flexibility index (Phi) is 5.92. The molecule has 11 nitrogen and oxygen atoms in total. The maximum atomic E-state index is 12.2. The average Bonchev–Trinajstić information content (AvgIpc) is 3.13. The zero-order valence-electron chi connectivity index (χ0n) is 16.5. The van der Waals surface area contributed by atoms with Crippen molar-refractivity contribution in [3.63, 3.8) is 0 Å². The number of carbonyl (C=O) groups excluding carboxylic acids is 1. The van der Waals surface area contributed by atoms with E-state index in [1.165, 1.54) is 29.0 Å². The van der Waals surface area contributed by atoms with Crippen LogP contribution in [0.1, 0.15) is 28.5 Å². The molecule has 156 valence electrons. The van der Waals surface area contributed by atoms with Crippen LogP contribution >= 0.6 is 0 Å². The van der Waals surface area contributed by atoms with E-state index in [-0.39, 0.29) is 34.1 Å².